The minimum Gasteiger partial charge on any atom is -0.494 e. The predicted molar refractivity (Wildman–Crippen MR) is 67.1 cm³/mol. The lowest BCUT2D eigenvalue weighted by molar-refractivity contribution is -0.120. The number of carbonyl (C=O) groups excluding carboxylic acids is 1. The number of hydrogen-bond donors (Lipinski definition) is 2. The van der Waals surface area contributed by atoms with Crippen LogP contribution in [0.4, 0.5) is 10.1 Å². The third kappa shape index (κ3) is 2.61. The maximum absolute atomic E-state index is 13.5. The van der Waals surface area contributed by atoms with Crippen LogP contribution in [0, 0.1) is 17.7 Å². The summed E-state index contributed by atoms with van der Waals surface area (Å²) in [7, 11) is 1.41. The molecule has 0 spiro atoms. The van der Waals surface area contributed by atoms with Gasteiger partial charge in [0.25, 0.3) is 0 Å². The van der Waals surface area contributed by atoms with Crippen molar-refractivity contribution in [3.8, 4) is 5.75 Å². The van der Waals surface area contributed by atoms with Crippen molar-refractivity contribution in [2.45, 2.75) is 6.92 Å². The summed E-state index contributed by atoms with van der Waals surface area (Å²) in [5, 5.41) is 5.90. The van der Waals surface area contributed by atoms with Crippen molar-refractivity contribution in [3.05, 3.63) is 24.0 Å². The van der Waals surface area contributed by atoms with E-state index >= 15 is 0 Å². The molecule has 98 valence electrons. The molecule has 1 fully saturated rings. The van der Waals surface area contributed by atoms with E-state index in [1.807, 2.05) is 6.92 Å². The number of amides is 1. The van der Waals surface area contributed by atoms with Crippen LogP contribution in [0.2, 0.25) is 0 Å². The van der Waals surface area contributed by atoms with Gasteiger partial charge in [-0.3, -0.25) is 4.79 Å². The van der Waals surface area contributed by atoms with Crippen LogP contribution in [-0.2, 0) is 4.79 Å². The van der Waals surface area contributed by atoms with Crippen molar-refractivity contribution in [2.24, 2.45) is 11.8 Å². The molecule has 5 heteroatoms. The molecule has 1 aromatic carbocycles. The van der Waals surface area contributed by atoms with Crippen LogP contribution in [0.3, 0.4) is 0 Å². The van der Waals surface area contributed by atoms with E-state index in [-0.39, 0.29) is 17.6 Å². The summed E-state index contributed by atoms with van der Waals surface area (Å²) in [5.41, 5.74) is 0.456. The number of carbonyl (C=O) groups is 1. The van der Waals surface area contributed by atoms with Gasteiger partial charge in [-0.1, -0.05) is 6.92 Å². The number of nitrogens with one attached hydrogen (secondary N) is 2. The summed E-state index contributed by atoms with van der Waals surface area (Å²) in [6, 6.07) is 4.40. The normalized spacial score (nSPS) is 22.8. The number of benzene rings is 1. The molecule has 2 rings (SSSR count). The Hall–Kier alpha value is -1.62. The quantitative estimate of drug-likeness (QED) is 0.859. The van der Waals surface area contributed by atoms with E-state index in [1.54, 1.807) is 6.07 Å². The van der Waals surface area contributed by atoms with E-state index in [0.29, 0.717) is 18.2 Å². The summed E-state index contributed by atoms with van der Waals surface area (Å²) in [6.07, 6.45) is 0. The van der Waals surface area contributed by atoms with Crippen molar-refractivity contribution in [3.63, 3.8) is 0 Å². The zero-order valence-electron chi connectivity index (χ0n) is 10.5. The lowest BCUT2D eigenvalue weighted by Gasteiger charge is -2.14. The van der Waals surface area contributed by atoms with E-state index < -0.39 is 5.82 Å². The van der Waals surface area contributed by atoms with Gasteiger partial charge < -0.3 is 15.4 Å². The summed E-state index contributed by atoms with van der Waals surface area (Å²) in [5.74, 6) is -0.142. The first-order valence-electron chi connectivity index (χ1n) is 5.97. The van der Waals surface area contributed by atoms with Crippen molar-refractivity contribution in [1.29, 1.82) is 0 Å². The van der Waals surface area contributed by atoms with Gasteiger partial charge in [0.2, 0.25) is 5.91 Å². The van der Waals surface area contributed by atoms with E-state index in [4.69, 9.17) is 4.74 Å². The van der Waals surface area contributed by atoms with Gasteiger partial charge in [-0.25, -0.2) is 4.39 Å². The van der Waals surface area contributed by atoms with Crippen LogP contribution in [-0.4, -0.2) is 26.1 Å². The van der Waals surface area contributed by atoms with E-state index in [1.165, 1.54) is 19.2 Å². The van der Waals surface area contributed by atoms with Gasteiger partial charge in [0.05, 0.1) is 13.0 Å². The molecule has 18 heavy (non-hydrogen) atoms. The fraction of sp³-hybridized carbons (Fsp3) is 0.462. The van der Waals surface area contributed by atoms with Gasteiger partial charge in [-0.2, -0.15) is 0 Å². The molecular formula is C13H17FN2O2. The van der Waals surface area contributed by atoms with Crippen LogP contribution in [0.5, 0.6) is 5.75 Å². The number of hydrogen-bond acceptors (Lipinski definition) is 3. The molecule has 1 heterocycles. The Kier molecular flexibility index (Phi) is 3.81. The van der Waals surface area contributed by atoms with Gasteiger partial charge in [0.1, 0.15) is 0 Å². The number of rotatable bonds is 3. The van der Waals surface area contributed by atoms with Crippen molar-refractivity contribution in [2.75, 3.05) is 25.5 Å². The number of ether oxygens (including phenoxy) is 1. The Morgan fingerprint density at radius 2 is 2.28 bits per heavy atom. The predicted octanol–water partition coefficient (Wildman–Crippen LogP) is 1.63. The molecule has 2 unspecified atom stereocenters. The Balaban J connectivity index is 2.05. The van der Waals surface area contributed by atoms with Crippen molar-refractivity contribution >= 4 is 11.6 Å². The lowest BCUT2D eigenvalue weighted by Crippen LogP contribution is -2.27. The molecule has 0 radical (unpaired) electrons. The summed E-state index contributed by atoms with van der Waals surface area (Å²) in [4.78, 5) is 12.0. The van der Waals surface area contributed by atoms with E-state index in [9.17, 15) is 9.18 Å². The standard InChI is InChI=1S/C13H17FN2O2/c1-8-6-15-7-10(8)13(17)16-9-3-4-12(18-2)11(14)5-9/h3-5,8,10,15H,6-7H2,1-2H3,(H,16,17). The third-order valence-corrected chi connectivity index (χ3v) is 3.27. The minimum atomic E-state index is -0.479. The first-order valence-corrected chi connectivity index (χ1v) is 5.97. The summed E-state index contributed by atoms with van der Waals surface area (Å²) in [6.45, 7) is 3.54. The second-order valence-corrected chi connectivity index (χ2v) is 4.58. The molecule has 2 atom stereocenters. The first kappa shape index (κ1) is 12.8. The number of halogens is 1. The van der Waals surface area contributed by atoms with Gasteiger partial charge in [-0.05, 0) is 24.6 Å². The smallest absolute Gasteiger partial charge is 0.229 e. The Labute approximate surface area is 106 Å². The molecule has 0 saturated carbocycles. The molecule has 0 bridgehead atoms. The Morgan fingerprint density at radius 3 is 2.83 bits per heavy atom. The van der Waals surface area contributed by atoms with E-state index in [2.05, 4.69) is 10.6 Å². The SMILES string of the molecule is COc1ccc(NC(=O)C2CNCC2C)cc1F. The summed E-state index contributed by atoms with van der Waals surface area (Å²) >= 11 is 0. The highest BCUT2D eigenvalue weighted by Crippen LogP contribution is 2.22. The monoisotopic (exact) mass is 252 g/mol. The van der Waals surface area contributed by atoms with Gasteiger partial charge in [-0.15, -0.1) is 0 Å². The molecule has 1 saturated heterocycles. The highest BCUT2D eigenvalue weighted by molar-refractivity contribution is 5.93. The first-order chi connectivity index (χ1) is 8.61. The highest BCUT2D eigenvalue weighted by atomic mass is 19.1. The third-order valence-electron chi connectivity index (χ3n) is 3.27. The molecular weight excluding hydrogens is 235 g/mol. The van der Waals surface area contributed by atoms with Crippen LogP contribution in [0.1, 0.15) is 6.92 Å². The van der Waals surface area contributed by atoms with Gasteiger partial charge >= 0.3 is 0 Å². The summed E-state index contributed by atoms with van der Waals surface area (Å²) < 4.78 is 18.3. The molecule has 0 aromatic heterocycles. The Morgan fingerprint density at radius 1 is 1.50 bits per heavy atom. The van der Waals surface area contributed by atoms with E-state index in [0.717, 1.165) is 6.54 Å². The topological polar surface area (TPSA) is 50.4 Å². The van der Waals surface area contributed by atoms with Crippen molar-refractivity contribution in [1.82, 2.24) is 5.32 Å². The largest absolute Gasteiger partial charge is 0.494 e. The molecule has 4 nitrogen and oxygen atoms in total. The van der Waals surface area contributed by atoms with Gasteiger partial charge in [0, 0.05) is 18.3 Å². The number of methoxy groups -OCH3 is 1. The molecule has 1 aliphatic heterocycles. The van der Waals surface area contributed by atoms with Crippen LogP contribution >= 0.6 is 0 Å². The fourth-order valence-electron chi connectivity index (χ4n) is 2.14. The molecule has 1 aromatic rings. The fourth-order valence-corrected chi connectivity index (χ4v) is 2.14. The zero-order chi connectivity index (χ0) is 13.1. The zero-order valence-corrected chi connectivity index (χ0v) is 10.5. The molecule has 2 N–H and O–H groups in total. The lowest BCUT2D eigenvalue weighted by atomic mass is 9.97. The average molecular weight is 252 g/mol. The maximum atomic E-state index is 13.5. The van der Waals surface area contributed by atoms with Crippen LogP contribution < -0.4 is 15.4 Å². The molecule has 0 aliphatic carbocycles. The van der Waals surface area contributed by atoms with Crippen molar-refractivity contribution < 1.29 is 13.9 Å². The van der Waals surface area contributed by atoms with Crippen LogP contribution in [0.15, 0.2) is 18.2 Å². The maximum Gasteiger partial charge on any atom is 0.229 e. The molecule has 1 aliphatic rings. The number of anilines is 1. The van der Waals surface area contributed by atoms with Gasteiger partial charge in [0.15, 0.2) is 11.6 Å². The second-order valence-electron chi connectivity index (χ2n) is 4.58. The minimum absolute atomic E-state index is 0.0600. The van der Waals surface area contributed by atoms with Crippen LogP contribution in [0.25, 0.3) is 0 Å². The highest BCUT2D eigenvalue weighted by Gasteiger charge is 2.29. The average Bonchev–Trinajstić information content (AvgIpc) is 2.76. The Bertz CT molecular complexity index is 451. The molecule has 1 amide bonds. The second kappa shape index (κ2) is 5.35.